The summed E-state index contributed by atoms with van der Waals surface area (Å²) in [5, 5.41) is 0. The average Bonchev–Trinajstić information content (AvgIpc) is 2.61. The maximum absolute atomic E-state index is 13.5. The summed E-state index contributed by atoms with van der Waals surface area (Å²) in [5.41, 5.74) is 1.92. The highest BCUT2D eigenvalue weighted by molar-refractivity contribution is 5.92. The Hall–Kier alpha value is -2.82. The summed E-state index contributed by atoms with van der Waals surface area (Å²) < 4.78 is 24.1. The van der Waals surface area contributed by atoms with Crippen LogP contribution in [0.15, 0.2) is 48.5 Å². The lowest BCUT2D eigenvalue weighted by molar-refractivity contribution is -0.125. The third-order valence-electron chi connectivity index (χ3n) is 3.69. The van der Waals surface area contributed by atoms with Crippen LogP contribution in [-0.4, -0.2) is 38.1 Å². The molecule has 1 amide bonds. The lowest BCUT2D eigenvalue weighted by Crippen LogP contribution is -2.29. The summed E-state index contributed by atoms with van der Waals surface area (Å²) in [5.74, 6) is 0.312. The number of carbonyl (C=O) groups excluding carboxylic acids is 1. The zero-order valence-electron chi connectivity index (χ0n) is 14.7. The van der Waals surface area contributed by atoms with E-state index in [9.17, 15) is 9.18 Å². The van der Waals surface area contributed by atoms with Crippen LogP contribution < -0.4 is 9.47 Å². The molecule has 0 aliphatic rings. The maximum Gasteiger partial charge on any atom is 0.246 e. The Kier molecular flexibility index (Phi) is 6.57. The Balaban J connectivity index is 1.90. The van der Waals surface area contributed by atoms with E-state index in [1.165, 1.54) is 17.0 Å². The smallest absolute Gasteiger partial charge is 0.246 e. The third-order valence-corrected chi connectivity index (χ3v) is 3.69. The van der Waals surface area contributed by atoms with Gasteiger partial charge in [-0.1, -0.05) is 23.8 Å². The van der Waals surface area contributed by atoms with Gasteiger partial charge in [-0.15, -0.1) is 0 Å². The number of halogens is 1. The van der Waals surface area contributed by atoms with Gasteiger partial charge in [0.1, 0.15) is 12.4 Å². The lowest BCUT2D eigenvalue weighted by atomic mass is 10.1. The number of hydrogen-bond acceptors (Lipinski definition) is 3. The van der Waals surface area contributed by atoms with Gasteiger partial charge in [0.2, 0.25) is 5.91 Å². The number of nitrogens with zero attached hydrogens (tertiary/aromatic N) is 1. The molecule has 132 valence electrons. The average molecular weight is 343 g/mol. The van der Waals surface area contributed by atoms with Crippen LogP contribution >= 0.6 is 0 Å². The van der Waals surface area contributed by atoms with Gasteiger partial charge in [0.25, 0.3) is 0 Å². The molecule has 4 nitrogen and oxygen atoms in total. The largest absolute Gasteiger partial charge is 0.496 e. The highest BCUT2D eigenvalue weighted by atomic mass is 19.1. The molecule has 5 heteroatoms. The van der Waals surface area contributed by atoms with Crippen molar-refractivity contribution in [2.45, 2.75) is 6.92 Å². The SMILES string of the molecule is COc1ccc(C)cc1/C=C/C(=O)N(C)CCOc1ccccc1F. The van der Waals surface area contributed by atoms with Gasteiger partial charge in [-0.2, -0.15) is 0 Å². The molecule has 0 N–H and O–H groups in total. The van der Waals surface area contributed by atoms with Crippen molar-refractivity contribution in [3.63, 3.8) is 0 Å². The lowest BCUT2D eigenvalue weighted by Gasteiger charge is -2.16. The minimum absolute atomic E-state index is 0.166. The van der Waals surface area contributed by atoms with Crippen molar-refractivity contribution in [1.29, 1.82) is 0 Å². The van der Waals surface area contributed by atoms with Crippen LogP contribution in [0.2, 0.25) is 0 Å². The van der Waals surface area contributed by atoms with E-state index < -0.39 is 5.82 Å². The molecule has 0 aromatic heterocycles. The van der Waals surface area contributed by atoms with Crippen molar-refractivity contribution in [1.82, 2.24) is 4.90 Å². The van der Waals surface area contributed by atoms with Gasteiger partial charge in [0, 0.05) is 18.7 Å². The molecule has 0 heterocycles. The first-order valence-electron chi connectivity index (χ1n) is 7.96. The molecule has 0 spiro atoms. The Labute approximate surface area is 147 Å². The predicted molar refractivity (Wildman–Crippen MR) is 96.3 cm³/mol. The van der Waals surface area contributed by atoms with Crippen LogP contribution in [0, 0.1) is 12.7 Å². The van der Waals surface area contributed by atoms with Crippen LogP contribution in [0.5, 0.6) is 11.5 Å². The van der Waals surface area contributed by atoms with Crippen molar-refractivity contribution in [2.24, 2.45) is 0 Å². The molecule has 2 rings (SSSR count). The molecule has 2 aromatic carbocycles. The van der Waals surface area contributed by atoms with Crippen LogP contribution in [0.25, 0.3) is 6.08 Å². The van der Waals surface area contributed by atoms with Crippen LogP contribution in [0.3, 0.4) is 0 Å². The molecule has 0 aliphatic carbocycles. The Morgan fingerprint density at radius 1 is 1.20 bits per heavy atom. The fourth-order valence-corrected chi connectivity index (χ4v) is 2.24. The first-order chi connectivity index (χ1) is 12.0. The number of carbonyl (C=O) groups is 1. The van der Waals surface area contributed by atoms with E-state index in [1.54, 1.807) is 38.4 Å². The number of likely N-dealkylation sites (N-methyl/N-ethyl adjacent to an activating group) is 1. The first kappa shape index (κ1) is 18.5. The predicted octanol–water partition coefficient (Wildman–Crippen LogP) is 3.69. The van der Waals surface area contributed by atoms with Gasteiger partial charge < -0.3 is 14.4 Å². The first-order valence-corrected chi connectivity index (χ1v) is 7.96. The zero-order valence-corrected chi connectivity index (χ0v) is 14.7. The second-order valence-corrected chi connectivity index (χ2v) is 5.62. The van der Waals surface area contributed by atoms with E-state index in [1.807, 2.05) is 25.1 Å². The maximum atomic E-state index is 13.5. The molecule has 0 aliphatic heterocycles. The molecule has 0 saturated heterocycles. The van der Waals surface area contributed by atoms with Crippen molar-refractivity contribution < 1.29 is 18.7 Å². The number of benzene rings is 2. The summed E-state index contributed by atoms with van der Waals surface area (Å²) in [4.78, 5) is 13.7. The number of hydrogen-bond donors (Lipinski definition) is 0. The van der Waals surface area contributed by atoms with Crippen molar-refractivity contribution in [3.05, 3.63) is 65.5 Å². The molecule has 0 radical (unpaired) electrons. The van der Waals surface area contributed by atoms with E-state index in [0.29, 0.717) is 12.3 Å². The molecule has 25 heavy (non-hydrogen) atoms. The number of rotatable bonds is 7. The standard InChI is InChI=1S/C20H22FNO3/c1-15-8-10-18(24-3)16(14-15)9-11-20(23)22(2)12-13-25-19-7-5-4-6-17(19)21/h4-11,14H,12-13H2,1-3H3/b11-9+. The Morgan fingerprint density at radius 3 is 2.68 bits per heavy atom. The normalized spacial score (nSPS) is 10.7. The highest BCUT2D eigenvalue weighted by Crippen LogP contribution is 2.21. The monoisotopic (exact) mass is 343 g/mol. The minimum Gasteiger partial charge on any atom is -0.496 e. The number of methoxy groups -OCH3 is 1. The van der Waals surface area contributed by atoms with Crippen molar-refractivity contribution >= 4 is 12.0 Å². The van der Waals surface area contributed by atoms with E-state index in [0.717, 1.165) is 11.1 Å². The fraction of sp³-hybridized carbons (Fsp3) is 0.250. The molecule has 0 bridgehead atoms. The van der Waals surface area contributed by atoms with Crippen LogP contribution in [0.1, 0.15) is 11.1 Å². The minimum atomic E-state index is -0.414. The van der Waals surface area contributed by atoms with Crippen LogP contribution in [0.4, 0.5) is 4.39 Å². The molecule has 0 unspecified atom stereocenters. The molecule has 0 atom stereocenters. The molecular formula is C20H22FNO3. The van der Waals surface area contributed by atoms with Gasteiger partial charge in [-0.25, -0.2) is 4.39 Å². The van der Waals surface area contributed by atoms with E-state index >= 15 is 0 Å². The second kappa shape index (κ2) is 8.87. The van der Waals surface area contributed by atoms with Gasteiger partial charge >= 0.3 is 0 Å². The number of amides is 1. The number of ether oxygens (including phenoxy) is 2. The molecular weight excluding hydrogens is 321 g/mol. The quantitative estimate of drug-likeness (QED) is 0.720. The van der Waals surface area contributed by atoms with Crippen LogP contribution in [-0.2, 0) is 4.79 Å². The van der Waals surface area contributed by atoms with Gasteiger partial charge in [-0.3, -0.25) is 4.79 Å². The molecule has 0 saturated carbocycles. The zero-order chi connectivity index (χ0) is 18.2. The molecule has 0 fully saturated rings. The Bertz CT molecular complexity index is 758. The second-order valence-electron chi connectivity index (χ2n) is 5.62. The summed E-state index contributed by atoms with van der Waals surface area (Å²) in [6.45, 7) is 2.54. The van der Waals surface area contributed by atoms with Crippen molar-refractivity contribution in [3.8, 4) is 11.5 Å². The van der Waals surface area contributed by atoms with E-state index in [-0.39, 0.29) is 18.3 Å². The molecule has 2 aromatic rings. The van der Waals surface area contributed by atoms with Gasteiger partial charge in [0.15, 0.2) is 11.6 Å². The summed E-state index contributed by atoms with van der Waals surface area (Å²) >= 11 is 0. The van der Waals surface area contributed by atoms with E-state index in [4.69, 9.17) is 9.47 Å². The summed E-state index contributed by atoms with van der Waals surface area (Å²) in [6, 6.07) is 12.0. The number of aryl methyl sites for hydroxylation is 1. The topological polar surface area (TPSA) is 38.8 Å². The highest BCUT2D eigenvalue weighted by Gasteiger charge is 2.07. The van der Waals surface area contributed by atoms with Gasteiger partial charge in [0.05, 0.1) is 13.7 Å². The van der Waals surface area contributed by atoms with E-state index in [2.05, 4.69) is 0 Å². The van der Waals surface area contributed by atoms with Crippen molar-refractivity contribution in [2.75, 3.05) is 27.3 Å². The number of para-hydroxylation sites is 1. The summed E-state index contributed by atoms with van der Waals surface area (Å²) in [6.07, 6.45) is 3.21. The fourth-order valence-electron chi connectivity index (χ4n) is 2.24. The summed E-state index contributed by atoms with van der Waals surface area (Å²) in [7, 11) is 3.26. The third kappa shape index (κ3) is 5.35. The Morgan fingerprint density at radius 2 is 1.96 bits per heavy atom. The van der Waals surface area contributed by atoms with Gasteiger partial charge in [-0.05, 0) is 37.3 Å².